The predicted molar refractivity (Wildman–Crippen MR) is 132 cm³/mol. The molecular formula is C27H28N2O3S. The number of carbonyl (C=O) groups is 2. The molecule has 6 heteroatoms. The minimum Gasteiger partial charge on any atom is -0.382 e. The molecule has 4 rings (SSSR count). The second kappa shape index (κ2) is 10.7. The third kappa shape index (κ3) is 5.46. The lowest BCUT2D eigenvalue weighted by molar-refractivity contribution is 0.0941. The van der Waals surface area contributed by atoms with Gasteiger partial charge in [0, 0.05) is 35.1 Å². The van der Waals surface area contributed by atoms with E-state index in [1.165, 1.54) is 0 Å². The quantitative estimate of drug-likeness (QED) is 0.453. The lowest BCUT2D eigenvalue weighted by Gasteiger charge is -2.24. The molecular weight excluding hydrogens is 432 g/mol. The minimum atomic E-state index is -0.149. The number of hydrogen-bond donors (Lipinski definition) is 1. The van der Waals surface area contributed by atoms with Crippen LogP contribution in [0, 0.1) is 6.92 Å². The van der Waals surface area contributed by atoms with Crippen LogP contribution < -0.4 is 10.2 Å². The highest BCUT2D eigenvalue weighted by Crippen LogP contribution is 2.42. The van der Waals surface area contributed by atoms with Gasteiger partial charge < -0.3 is 15.0 Å². The minimum absolute atomic E-state index is 0.0624. The van der Waals surface area contributed by atoms with Gasteiger partial charge in [-0.05, 0) is 56.2 Å². The monoisotopic (exact) mass is 460 g/mol. The molecule has 1 heterocycles. The fourth-order valence-corrected chi connectivity index (χ4v) is 4.89. The van der Waals surface area contributed by atoms with E-state index in [-0.39, 0.29) is 11.8 Å². The molecule has 2 amide bonds. The van der Waals surface area contributed by atoms with E-state index < -0.39 is 0 Å². The van der Waals surface area contributed by atoms with Gasteiger partial charge in [0.2, 0.25) is 0 Å². The Morgan fingerprint density at radius 1 is 1.03 bits per heavy atom. The number of carbonyl (C=O) groups excluding carboxylic acids is 2. The van der Waals surface area contributed by atoms with Gasteiger partial charge in [-0.3, -0.25) is 9.59 Å². The first-order valence-electron chi connectivity index (χ1n) is 11.2. The Balaban J connectivity index is 1.66. The zero-order chi connectivity index (χ0) is 23.2. The Bertz CT molecular complexity index is 1160. The molecule has 0 atom stereocenters. The van der Waals surface area contributed by atoms with Crippen LogP contribution in [0.5, 0.6) is 0 Å². The molecule has 0 spiro atoms. The van der Waals surface area contributed by atoms with Crippen molar-refractivity contribution in [3.63, 3.8) is 0 Å². The summed E-state index contributed by atoms with van der Waals surface area (Å²) in [6.45, 7) is 6.26. The van der Waals surface area contributed by atoms with Crippen LogP contribution >= 0.6 is 11.8 Å². The summed E-state index contributed by atoms with van der Waals surface area (Å²) in [6.07, 6.45) is 0.758. The summed E-state index contributed by atoms with van der Waals surface area (Å²) in [5.41, 5.74) is 4.16. The van der Waals surface area contributed by atoms with Crippen LogP contribution in [-0.2, 0) is 11.3 Å². The van der Waals surface area contributed by atoms with Gasteiger partial charge in [0.25, 0.3) is 11.8 Å². The SMILES string of the molecule is CCOCCCNC(=O)c1ccc2c(c1)N(Cc1cccc(C)c1)C(=O)c1ccccc1S2. The molecule has 170 valence electrons. The molecule has 0 aromatic heterocycles. The number of nitrogens with zero attached hydrogens (tertiary/aromatic N) is 1. The van der Waals surface area contributed by atoms with Crippen LogP contribution in [0.25, 0.3) is 0 Å². The molecule has 0 aliphatic carbocycles. The van der Waals surface area contributed by atoms with Crippen molar-refractivity contribution in [3.8, 4) is 0 Å². The van der Waals surface area contributed by atoms with Crippen molar-refractivity contribution in [2.45, 2.75) is 36.6 Å². The lowest BCUT2D eigenvalue weighted by atomic mass is 10.1. The number of rotatable bonds is 8. The Hall–Kier alpha value is -3.09. The number of anilines is 1. The van der Waals surface area contributed by atoms with Crippen LogP contribution in [0.4, 0.5) is 5.69 Å². The van der Waals surface area contributed by atoms with Gasteiger partial charge in [0.1, 0.15) is 0 Å². The molecule has 0 saturated heterocycles. The van der Waals surface area contributed by atoms with Gasteiger partial charge in [0.05, 0.1) is 17.8 Å². The summed E-state index contributed by atoms with van der Waals surface area (Å²) < 4.78 is 5.33. The molecule has 0 saturated carbocycles. The third-order valence-electron chi connectivity index (χ3n) is 5.47. The highest BCUT2D eigenvalue weighted by atomic mass is 32.2. The third-order valence-corrected chi connectivity index (χ3v) is 6.61. The number of ether oxygens (including phenoxy) is 1. The topological polar surface area (TPSA) is 58.6 Å². The molecule has 0 bridgehead atoms. The molecule has 33 heavy (non-hydrogen) atoms. The van der Waals surface area contributed by atoms with Crippen LogP contribution in [0.3, 0.4) is 0 Å². The zero-order valence-electron chi connectivity index (χ0n) is 19.0. The van der Waals surface area contributed by atoms with E-state index in [0.29, 0.717) is 37.4 Å². The van der Waals surface area contributed by atoms with E-state index in [9.17, 15) is 9.59 Å². The van der Waals surface area contributed by atoms with Gasteiger partial charge in [-0.25, -0.2) is 0 Å². The average Bonchev–Trinajstić information content (AvgIpc) is 2.93. The maximum Gasteiger partial charge on any atom is 0.259 e. The van der Waals surface area contributed by atoms with Gasteiger partial charge in [-0.1, -0.05) is 53.7 Å². The lowest BCUT2D eigenvalue weighted by Crippen LogP contribution is -2.31. The molecule has 5 nitrogen and oxygen atoms in total. The van der Waals surface area contributed by atoms with Crippen LogP contribution in [0.15, 0.2) is 76.5 Å². The standard InChI is InChI=1S/C27H28N2O3S/c1-3-32-15-7-14-28-26(30)21-12-13-25-23(17-21)29(18-20-9-6-8-19(2)16-20)27(31)22-10-4-5-11-24(22)33-25/h4-6,8-13,16-17H,3,7,14-15,18H2,1-2H3,(H,28,30). The number of benzene rings is 3. The average molecular weight is 461 g/mol. The molecule has 3 aromatic rings. The number of aryl methyl sites for hydroxylation is 1. The summed E-state index contributed by atoms with van der Waals surface area (Å²) >= 11 is 1.56. The first kappa shape index (κ1) is 23.1. The largest absolute Gasteiger partial charge is 0.382 e. The molecule has 1 aliphatic rings. The van der Waals surface area contributed by atoms with Gasteiger partial charge in [-0.15, -0.1) is 0 Å². The van der Waals surface area contributed by atoms with E-state index >= 15 is 0 Å². The van der Waals surface area contributed by atoms with Crippen LogP contribution in [0.2, 0.25) is 0 Å². The van der Waals surface area contributed by atoms with E-state index in [1.54, 1.807) is 16.7 Å². The van der Waals surface area contributed by atoms with Crippen molar-refractivity contribution in [2.75, 3.05) is 24.7 Å². The maximum absolute atomic E-state index is 13.6. The van der Waals surface area contributed by atoms with Gasteiger partial charge in [-0.2, -0.15) is 0 Å². The fraction of sp³-hybridized carbons (Fsp3) is 0.259. The first-order valence-corrected chi connectivity index (χ1v) is 12.0. The smallest absolute Gasteiger partial charge is 0.259 e. The van der Waals surface area contributed by atoms with Gasteiger partial charge in [0.15, 0.2) is 0 Å². The van der Waals surface area contributed by atoms with Crippen molar-refractivity contribution in [1.82, 2.24) is 5.32 Å². The highest BCUT2D eigenvalue weighted by molar-refractivity contribution is 7.99. The molecule has 3 aromatic carbocycles. The summed E-state index contributed by atoms with van der Waals surface area (Å²) in [5.74, 6) is -0.211. The van der Waals surface area contributed by atoms with E-state index in [1.807, 2.05) is 74.5 Å². The highest BCUT2D eigenvalue weighted by Gasteiger charge is 2.28. The van der Waals surface area contributed by atoms with Crippen molar-refractivity contribution in [2.24, 2.45) is 0 Å². The number of fused-ring (bicyclic) bond motifs is 2. The zero-order valence-corrected chi connectivity index (χ0v) is 19.8. The molecule has 1 N–H and O–H groups in total. The normalized spacial score (nSPS) is 12.7. The Morgan fingerprint density at radius 2 is 1.88 bits per heavy atom. The number of amides is 2. The summed E-state index contributed by atoms with van der Waals surface area (Å²) in [5, 5.41) is 2.95. The predicted octanol–water partition coefficient (Wildman–Crippen LogP) is 5.46. The Morgan fingerprint density at radius 3 is 2.70 bits per heavy atom. The Labute approximate surface area is 199 Å². The summed E-state index contributed by atoms with van der Waals surface area (Å²) in [4.78, 5) is 30.1. The number of nitrogens with one attached hydrogen (secondary N) is 1. The van der Waals surface area contributed by atoms with Crippen molar-refractivity contribution >= 4 is 29.3 Å². The Kier molecular flexibility index (Phi) is 7.47. The maximum atomic E-state index is 13.6. The van der Waals surface area contributed by atoms with E-state index in [4.69, 9.17) is 4.74 Å². The van der Waals surface area contributed by atoms with Gasteiger partial charge >= 0.3 is 0 Å². The summed E-state index contributed by atoms with van der Waals surface area (Å²) in [6, 6.07) is 21.4. The van der Waals surface area contributed by atoms with Crippen LogP contribution in [0.1, 0.15) is 45.2 Å². The second-order valence-corrected chi connectivity index (χ2v) is 9.05. The van der Waals surface area contributed by atoms with Crippen molar-refractivity contribution in [1.29, 1.82) is 0 Å². The second-order valence-electron chi connectivity index (χ2n) is 7.97. The van der Waals surface area contributed by atoms with E-state index in [2.05, 4.69) is 11.4 Å². The van der Waals surface area contributed by atoms with Crippen molar-refractivity contribution < 1.29 is 14.3 Å². The number of hydrogen-bond acceptors (Lipinski definition) is 4. The molecule has 0 fully saturated rings. The molecule has 0 radical (unpaired) electrons. The first-order chi connectivity index (χ1) is 16.1. The van der Waals surface area contributed by atoms with Crippen molar-refractivity contribution in [3.05, 3.63) is 89.0 Å². The van der Waals surface area contributed by atoms with E-state index in [0.717, 1.165) is 33.0 Å². The molecule has 1 aliphatic heterocycles. The van der Waals surface area contributed by atoms with Crippen LogP contribution in [-0.4, -0.2) is 31.6 Å². The molecule has 0 unspecified atom stereocenters. The summed E-state index contributed by atoms with van der Waals surface area (Å²) in [7, 11) is 0. The fourth-order valence-electron chi connectivity index (χ4n) is 3.83.